The molecule has 1 aliphatic carbocycles. The molecule has 0 unspecified atom stereocenters. The average Bonchev–Trinajstić information content (AvgIpc) is 2.16. The van der Waals surface area contributed by atoms with Crippen LogP contribution in [0.5, 0.6) is 0 Å². The molecule has 1 fully saturated rings. The van der Waals surface area contributed by atoms with Crippen molar-refractivity contribution >= 4 is 6.21 Å². The van der Waals surface area contributed by atoms with E-state index in [0.717, 1.165) is 12.8 Å². The van der Waals surface area contributed by atoms with E-state index in [1.807, 2.05) is 0 Å². The topological polar surface area (TPSA) is 23.9 Å². The Bertz CT molecular complexity index is 182. The molecule has 0 bridgehead atoms. The van der Waals surface area contributed by atoms with E-state index in [4.69, 9.17) is 11.8 Å². The molecule has 1 heteroatoms. The summed E-state index contributed by atoms with van der Waals surface area (Å²) in [6.07, 6.45) is 15.0. The summed E-state index contributed by atoms with van der Waals surface area (Å²) < 4.78 is 0. The van der Waals surface area contributed by atoms with Gasteiger partial charge < -0.3 is 5.41 Å². The predicted molar refractivity (Wildman–Crippen MR) is 52.4 cm³/mol. The molecule has 0 aliphatic heterocycles. The van der Waals surface area contributed by atoms with E-state index in [-0.39, 0.29) is 5.41 Å². The first kappa shape index (κ1) is 9.32. The van der Waals surface area contributed by atoms with Crippen molar-refractivity contribution in [2.45, 2.75) is 44.9 Å². The van der Waals surface area contributed by atoms with Gasteiger partial charge in [-0.1, -0.05) is 19.3 Å². The lowest BCUT2D eigenvalue weighted by molar-refractivity contribution is 0.274. The van der Waals surface area contributed by atoms with Crippen molar-refractivity contribution in [2.24, 2.45) is 5.41 Å². The molecule has 1 rings (SSSR count). The summed E-state index contributed by atoms with van der Waals surface area (Å²) in [4.78, 5) is 0. The third-order valence-corrected chi connectivity index (χ3v) is 2.92. The van der Waals surface area contributed by atoms with Crippen molar-refractivity contribution in [3.63, 3.8) is 0 Å². The molecule has 1 N–H and O–H groups in total. The molecule has 0 atom stereocenters. The molecule has 0 spiro atoms. The highest BCUT2D eigenvalue weighted by molar-refractivity contribution is 5.62. The molecule has 0 saturated heterocycles. The van der Waals surface area contributed by atoms with Gasteiger partial charge in [-0.15, -0.1) is 12.3 Å². The summed E-state index contributed by atoms with van der Waals surface area (Å²) in [5, 5.41) is 7.43. The van der Waals surface area contributed by atoms with Crippen LogP contribution in [0.2, 0.25) is 0 Å². The van der Waals surface area contributed by atoms with Crippen molar-refractivity contribution in [2.75, 3.05) is 0 Å². The lowest BCUT2D eigenvalue weighted by Crippen LogP contribution is -2.25. The van der Waals surface area contributed by atoms with Gasteiger partial charge in [-0.25, -0.2) is 0 Å². The quantitative estimate of drug-likeness (QED) is 0.488. The van der Waals surface area contributed by atoms with Crippen LogP contribution in [0.1, 0.15) is 44.9 Å². The van der Waals surface area contributed by atoms with Gasteiger partial charge in [-0.05, 0) is 19.3 Å². The molecular formula is C11H17N. The lowest BCUT2D eigenvalue weighted by Gasteiger charge is -2.32. The van der Waals surface area contributed by atoms with Gasteiger partial charge in [-0.2, -0.15) is 0 Å². The Hall–Kier alpha value is -0.770. The Morgan fingerprint density at radius 3 is 2.50 bits per heavy atom. The summed E-state index contributed by atoms with van der Waals surface area (Å²) in [5.74, 6) is 2.67. The zero-order valence-corrected chi connectivity index (χ0v) is 7.60. The summed E-state index contributed by atoms with van der Waals surface area (Å²) in [7, 11) is 0. The highest BCUT2D eigenvalue weighted by Gasteiger charge is 2.28. The largest absolute Gasteiger partial charge is 0.313 e. The molecular weight excluding hydrogens is 146 g/mol. The Morgan fingerprint density at radius 1 is 1.33 bits per heavy atom. The first-order chi connectivity index (χ1) is 5.83. The minimum atomic E-state index is 0.171. The zero-order chi connectivity index (χ0) is 8.86. The van der Waals surface area contributed by atoms with Crippen LogP contribution in [0.25, 0.3) is 0 Å². The molecule has 0 heterocycles. The van der Waals surface area contributed by atoms with Crippen molar-refractivity contribution in [3.05, 3.63) is 0 Å². The van der Waals surface area contributed by atoms with Crippen LogP contribution < -0.4 is 0 Å². The lowest BCUT2D eigenvalue weighted by atomic mass is 9.72. The summed E-state index contributed by atoms with van der Waals surface area (Å²) in [6.45, 7) is 0. The molecule has 1 saturated carbocycles. The standard InChI is InChI=1S/C11H17N/c1-2-3-7-11(10-12)8-5-4-6-9-11/h1,10,12H,3-9H2. The fourth-order valence-electron chi connectivity index (χ4n) is 2.04. The van der Waals surface area contributed by atoms with Gasteiger partial charge in [-0.3, -0.25) is 0 Å². The maximum Gasteiger partial charge on any atom is 0.00948 e. The van der Waals surface area contributed by atoms with Gasteiger partial charge in [0.2, 0.25) is 0 Å². The highest BCUT2D eigenvalue weighted by atomic mass is 14.4. The molecule has 0 aromatic carbocycles. The first-order valence-corrected chi connectivity index (χ1v) is 4.78. The number of hydrogen-bond donors (Lipinski definition) is 1. The number of terminal acetylenes is 1. The second-order valence-corrected chi connectivity index (χ2v) is 3.77. The number of hydrogen-bond acceptors (Lipinski definition) is 1. The van der Waals surface area contributed by atoms with Crippen molar-refractivity contribution in [1.29, 1.82) is 5.41 Å². The van der Waals surface area contributed by atoms with Crippen LogP contribution in [-0.2, 0) is 0 Å². The normalized spacial score (nSPS) is 21.2. The number of nitrogens with one attached hydrogen (secondary N) is 1. The molecule has 12 heavy (non-hydrogen) atoms. The van der Waals surface area contributed by atoms with E-state index in [2.05, 4.69) is 5.92 Å². The highest BCUT2D eigenvalue weighted by Crippen LogP contribution is 2.38. The van der Waals surface area contributed by atoms with Gasteiger partial charge >= 0.3 is 0 Å². The SMILES string of the molecule is C#CCCC1(C=N)CCCCC1. The Labute approximate surface area is 75.1 Å². The van der Waals surface area contributed by atoms with E-state index in [9.17, 15) is 0 Å². The molecule has 1 nitrogen and oxygen atoms in total. The zero-order valence-electron chi connectivity index (χ0n) is 7.60. The van der Waals surface area contributed by atoms with Gasteiger partial charge in [0.1, 0.15) is 0 Å². The van der Waals surface area contributed by atoms with Crippen molar-refractivity contribution in [3.8, 4) is 12.3 Å². The van der Waals surface area contributed by atoms with Gasteiger partial charge in [0.25, 0.3) is 0 Å². The Kier molecular flexibility index (Phi) is 3.34. The van der Waals surface area contributed by atoms with E-state index in [1.165, 1.54) is 32.1 Å². The summed E-state index contributed by atoms with van der Waals surface area (Å²) in [6, 6.07) is 0. The minimum absolute atomic E-state index is 0.171. The average molecular weight is 163 g/mol. The molecule has 66 valence electrons. The van der Waals surface area contributed by atoms with Crippen molar-refractivity contribution in [1.82, 2.24) is 0 Å². The maximum absolute atomic E-state index is 7.43. The van der Waals surface area contributed by atoms with E-state index >= 15 is 0 Å². The van der Waals surface area contributed by atoms with Crippen LogP contribution in [-0.4, -0.2) is 6.21 Å². The van der Waals surface area contributed by atoms with Crippen LogP contribution in [0.4, 0.5) is 0 Å². The smallest absolute Gasteiger partial charge is 0.00948 e. The number of rotatable bonds is 3. The Morgan fingerprint density at radius 2 is 2.00 bits per heavy atom. The van der Waals surface area contributed by atoms with Gasteiger partial charge in [0.05, 0.1) is 0 Å². The molecule has 0 amide bonds. The van der Waals surface area contributed by atoms with Crippen LogP contribution in [0, 0.1) is 23.2 Å². The van der Waals surface area contributed by atoms with Crippen molar-refractivity contribution < 1.29 is 0 Å². The fourth-order valence-corrected chi connectivity index (χ4v) is 2.04. The van der Waals surface area contributed by atoms with Crippen LogP contribution >= 0.6 is 0 Å². The minimum Gasteiger partial charge on any atom is -0.313 e. The third-order valence-electron chi connectivity index (χ3n) is 2.92. The van der Waals surface area contributed by atoms with Gasteiger partial charge in [0, 0.05) is 18.1 Å². The molecule has 0 radical (unpaired) electrons. The van der Waals surface area contributed by atoms with E-state index < -0.39 is 0 Å². The summed E-state index contributed by atoms with van der Waals surface area (Å²) >= 11 is 0. The molecule has 0 aromatic rings. The van der Waals surface area contributed by atoms with Gasteiger partial charge in [0.15, 0.2) is 0 Å². The maximum atomic E-state index is 7.43. The fraction of sp³-hybridized carbons (Fsp3) is 0.727. The van der Waals surface area contributed by atoms with E-state index in [0.29, 0.717) is 0 Å². The van der Waals surface area contributed by atoms with E-state index in [1.54, 1.807) is 6.21 Å². The molecule has 1 aliphatic rings. The van der Waals surface area contributed by atoms with Crippen LogP contribution in [0.3, 0.4) is 0 Å². The second kappa shape index (κ2) is 4.30. The Balaban J connectivity index is 2.49. The third kappa shape index (κ3) is 2.11. The predicted octanol–water partition coefficient (Wildman–Crippen LogP) is 3.00. The van der Waals surface area contributed by atoms with Crippen LogP contribution in [0.15, 0.2) is 0 Å². The monoisotopic (exact) mass is 163 g/mol. The molecule has 0 aromatic heterocycles. The first-order valence-electron chi connectivity index (χ1n) is 4.78. The second-order valence-electron chi connectivity index (χ2n) is 3.77. The summed E-state index contributed by atoms with van der Waals surface area (Å²) in [5.41, 5.74) is 0.171.